The molecular formula is C23H23N3O5. The first-order valence-electron chi connectivity index (χ1n) is 9.52. The first-order valence-corrected chi connectivity index (χ1v) is 9.52. The molecule has 8 nitrogen and oxygen atoms in total. The molecule has 0 amide bonds. The van der Waals surface area contributed by atoms with Gasteiger partial charge in [0.15, 0.2) is 11.5 Å². The van der Waals surface area contributed by atoms with Crippen LogP contribution in [0.3, 0.4) is 0 Å². The Morgan fingerprint density at radius 3 is 2.35 bits per heavy atom. The van der Waals surface area contributed by atoms with Gasteiger partial charge in [0, 0.05) is 17.7 Å². The van der Waals surface area contributed by atoms with Crippen LogP contribution < -0.4 is 19.6 Å². The minimum Gasteiger partial charge on any atom is -0.493 e. The zero-order valence-electron chi connectivity index (χ0n) is 17.3. The van der Waals surface area contributed by atoms with E-state index in [-0.39, 0.29) is 5.69 Å². The summed E-state index contributed by atoms with van der Waals surface area (Å²) in [6, 6.07) is 19.5. The molecule has 0 fully saturated rings. The number of ether oxygens (including phenoxy) is 3. The number of hydrogen-bond donors (Lipinski definition) is 1. The molecular weight excluding hydrogens is 398 g/mol. The van der Waals surface area contributed by atoms with Crippen LogP contribution >= 0.6 is 0 Å². The number of methoxy groups -OCH3 is 2. The van der Waals surface area contributed by atoms with Crippen LogP contribution in [0.2, 0.25) is 0 Å². The second-order valence-corrected chi connectivity index (χ2v) is 6.53. The van der Waals surface area contributed by atoms with Crippen LogP contribution in [-0.4, -0.2) is 25.4 Å². The van der Waals surface area contributed by atoms with Crippen molar-refractivity contribution in [3.8, 4) is 17.2 Å². The van der Waals surface area contributed by atoms with Crippen LogP contribution in [0.15, 0.2) is 71.8 Å². The zero-order valence-corrected chi connectivity index (χ0v) is 17.3. The van der Waals surface area contributed by atoms with Crippen LogP contribution in [-0.2, 0) is 13.2 Å². The summed E-state index contributed by atoms with van der Waals surface area (Å²) in [6.45, 7) is 0.810. The third-order valence-corrected chi connectivity index (χ3v) is 4.49. The van der Waals surface area contributed by atoms with E-state index in [1.807, 2.05) is 42.5 Å². The van der Waals surface area contributed by atoms with E-state index in [4.69, 9.17) is 14.2 Å². The average Bonchev–Trinajstić information content (AvgIpc) is 2.81. The molecule has 8 heteroatoms. The minimum atomic E-state index is -0.425. The molecule has 0 aliphatic rings. The molecule has 0 unspecified atom stereocenters. The van der Waals surface area contributed by atoms with Gasteiger partial charge in [0.25, 0.3) is 5.69 Å². The molecule has 0 aliphatic carbocycles. The Kier molecular flexibility index (Phi) is 7.42. The lowest BCUT2D eigenvalue weighted by Crippen LogP contribution is -2.06. The predicted octanol–water partition coefficient (Wildman–Crippen LogP) is 4.31. The van der Waals surface area contributed by atoms with Gasteiger partial charge in [0.1, 0.15) is 12.4 Å². The Balaban J connectivity index is 1.58. The van der Waals surface area contributed by atoms with Crippen LogP contribution in [0.5, 0.6) is 17.2 Å². The molecule has 3 aromatic rings. The smallest absolute Gasteiger partial charge is 0.269 e. The first kappa shape index (κ1) is 21.6. The summed E-state index contributed by atoms with van der Waals surface area (Å²) >= 11 is 0. The van der Waals surface area contributed by atoms with Crippen molar-refractivity contribution >= 4 is 11.9 Å². The van der Waals surface area contributed by atoms with Gasteiger partial charge in [0.05, 0.1) is 31.9 Å². The third-order valence-electron chi connectivity index (χ3n) is 4.49. The predicted molar refractivity (Wildman–Crippen MR) is 118 cm³/mol. The lowest BCUT2D eigenvalue weighted by atomic mass is 10.2. The summed E-state index contributed by atoms with van der Waals surface area (Å²) in [4.78, 5) is 10.3. The molecule has 0 saturated heterocycles. The van der Waals surface area contributed by atoms with Gasteiger partial charge < -0.3 is 19.6 Å². The van der Waals surface area contributed by atoms with E-state index < -0.39 is 4.92 Å². The molecule has 3 rings (SSSR count). The first-order chi connectivity index (χ1) is 15.1. The molecule has 0 bridgehead atoms. The second kappa shape index (κ2) is 10.6. The summed E-state index contributed by atoms with van der Waals surface area (Å²) in [7, 11) is 3.20. The van der Waals surface area contributed by atoms with Crippen LogP contribution in [0.1, 0.15) is 16.7 Å². The van der Waals surface area contributed by atoms with Gasteiger partial charge in [-0.2, -0.15) is 5.10 Å². The van der Waals surface area contributed by atoms with Crippen molar-refractivity contribution in [1.82, 2.24) is 5.43 Å². The molecule has 31 heavy (non-hydrogen) atoms. The molecule has 0 aromatic heterocycles. The number of hydrogen-bond acceptors (Lipinski definition) is 7. The van der Waals surface area contributed by atoms with E-state index >= 15 is 0 Å². The van der Waals surface area contributed by atoms with Gasteiger partial charge >= 0.3 is 0 Å². The van der Waals surface area contributed by atoms with Crippen molar-refractivity contribution in [1.29, 1.82) is 0 Å². The van der Waals surface area contributed by atoms with Crippen molar-refractivity contribution in [2.75, 3.05) is 14.2 Å². The normalized spacial score (nSPS) is 10.6. The minimum absolute atomic E-state index is 0.0526. The Hall–Kier alpha value is -4.07. The van der Waals surface area contributed by atoms with Crippen molar-refractivity contribution in [2.45, 2.75) is 13.2 Å². The number of nitrogens with zero attached hydrogens (tertiary/aromatic N) is 2. The molecule has 0 spiro atoms. The number of non-ortho nitro benzene ring substituents is 1. The summed E-state index contributed by atoms with van der Waals surface area (Å²) in [5.41, 5.74) is 5.71. The maximum atomic E-state index is 10.8. The molecule has 0 saturated carbocycles. The van der Waals surface area contributed by atoms with E-state index in [2.05, 4.69) is 10.5 Å². The highest BCUT2D eigenvalue weighted by atomic mass is 16.6. The topological polar surface area (TPSA) is 95.2 Å². The van der Waals surface area contributed by atoms with Gasteiger partial charge in [-0.15, -0.1) is 0 Å². The Labute approximate surface area is 180 Å². The average molecular weight is 421 g/mol. The Bertz CT molecular complexity index is 1050. The summed E-state index contributed by atoms with van der Waals surface area (Å²) in [5.74, 6) is 2.00. The largest absolute Gasteiger partial charge is 0.493 e. The summed E-state index contributed by atoms with van der Waals surface area (Å²) in [5, 5.41) is 15.0. The van der Waals surface area contributed by atoms with Crippen molar-refractivity contribution in [3.63, 3.8) is 0 Å². The van der Waals surface area contributed by atoms with E-state index in [1.165, 1.54) is 12.1 Å². The van der Waals surface area contributed by atoms with Gasteiger partial charge in [-0.1, -0.05) is 18.2 Å². The number of rotatable bonds is 10. The molecule has 1 N–H and O–H groups in total. The number of benzene rings is 3. The third kappa shape index (κ3) is 5.96. The number of para-hydroxylation sites is 1. The van der Waals surface area contributed by atoms with Gasteiger partial charge in [-0.3, -0.25) is 10.1 Å². The molecule has 3 aromatic carbocycles. The fraction of sp³-hybridized carbons (Fsp3) is 0.174. The second-order valence-electron chi connectivity index (χ2n) is 6.53. The van der Waals surface area contributed by atoms with E-state index in [0.29, 0.717) is 30.4 Å². The van der Waals surface area contributed by atoms with Crippen LogP contribution in [0, 0.1) is 10.1 Å². The van der Waals surface area contributed by atoms with Gasteiger partial charge in [-0.25, -0.2) is 0 Å². The fourth-order valence-electron chi connectivity index (χ4n) is 2.84. The molecule has 0 atom stereocenters. The van der Waals surface area contributed by atoms with E-state index in [9.17, 15) is 10.1 Å². The lowest BCUT2D eigenvalue weighted by Gasteiger charge is -2.10. The number of nitrogens with one attached hydrogen (secondary N) is 1. The van der Waals surface area contributed by atoms with Crippen molar-refractivity contribution < 1.29 is 19.1 Å². The monoisotopic (exact) mass is 421 g/mol. The zero-order chi connectivity index (χ0) is 22.1. The van der Waals surface area contributed by atoms with Crippen LogP contribution in [0.25, 0.3) is 0 Å². The Morgan fingerprint density at radius 2 is 1.65 bits per heavy atom. The highest BCUT2D eigenvalue weighted by Gasteiger charge is 2.06. The highest BCUT2D eigenvalue weighted by molar-refractivity contribution is 5.83. The molecule has 0 aliphatic heterocycles. The van der Waals surface area contributed by atoms with E-state index in [0.717, 1.165) is 16.7 Å². The van der Waals surface area contributed by atoms with Gasteiger partial charge in [0.2, 0.25) is 0 Å². The summed E-state index contributed by atoms with van der Waals surface area (Å²) < 4.78 is 16.4. The maximum Gasteiger partial charge on any atom is 0.269 e. The number of hydrazone groups is 1. The van der Waals surface area contributed by atoms with E-state index in [1.54, 1.807) is 32.6 Å². The van der Waals surface area contributed by atoms with Gasteiger partial charge in [-0.05, 0) is 47.5 Å². The van der Waals surface area contributed by atoms with Crippen molar-refractivity contribution in [2.24, 2.45) is 5.10 Å². The quantitative estimate of drug-likeness (QED) is 0.298. The SMILES string of the molecule is COc1ccc(CN/N=C\c2ccccc2OCc2ccc([N+](=O)[O-])cc2)cc1OC. The summed E-state index contributed by atoms with van der Waals surface area (Å²) in [6.07, 6.45) is 1.69. The maximum absolute atomic E-state index is 10.8. The Morgan fingerprint density at radius 1 is 0.935 bits per heavy atom. The number of nitro groups is 1. The van der Waals surface area contributed by atoms with Crippen molar-refractivity contribution in [3.05, 3.63) is 93.5 Å². The molecule has 0 radical (unpaired) electrons. The number of nitro benzene ring substituents is 1. The lowest BCUT2D eigenvalue weighted by molar-refractivity contribution is -0.384. The molecule has 160 valence electrons. The van der Waals surface area contributed by atoms with Crippen LogP contribution in [0.4, 0.5) is 5.69 Å². The molecule has 0 heterocycles. The standard InChI is InChI=1S/C23H23N3O5/c1-29-22-12-9-18(13-23(22)30-2)14-24-25-15-19-5-3-4-6-21(19)31-16-17-7-10-20(11-8-17)26(27)28/h3-13,15,24H,14,16H2,1-2H3/b25-15-. The highest BCUT2D eigenvalue weighted by Crippen LogP contribution is 2.27. The fourth-order valence-corrected chi connectivity index (χ4v) is 2.84.